The van der Waals surface area contributed by atoms with Crippen molar-refractivity contribution < 1.29 is 14.3 Å². The Morgan fingerprint density at radius 3 is 2.68 bits per heavy atom. The number of fused-ring (bicyclic) bond motifs is 1. The predicted octanol–water partition coefficient (Wildman–Crippen LogP) is 4.50. The maximum absolute atomic E-state index is 12.0. The van der Waals surface area contributed by atoms with E-state index in [1.54, 1.807) is 6.07 Å². The van der Waals surface area contributed by atoms with Crippen LogP contribution in [0, 0.1) is 0 Å². The third-order valence-electron chi connectivity index (χ3n) is 3.48. The number of rotatable bonds is 6. The molecule has 0 radical (unpaired) electrons. The number of carbonyl (C=O) groups excluding carboxylic acids is 1. The van der Waals surface area contributed by atoms with E-state index in [9.17, 15) is 4.79 Å². The van der Waals surface area contributed by atoms with Gasteiger partial charge >= 0.3 is 5.97 Å². The summed E-state index contributed by atoms with van der Waals surface area (Å²) in [6.45, 7) is 8.15. The average Bonchev–Trinajstić information content (AvgIpc) is 2.79. The van der Waals surface area contributed by atoms with Crippen molar-refractivity contribution in [2.75, 3.05) is 13.7 Å². The zero-order valence-corrected chi connectivity index (χ0v) is 16.1. The van der Waals surface area contributed by atoms with Gasteiger partial charge in [0, 0.05) is 30.7 Å². The molecule has 0 aliphatic carbocycles. The Morgan fingerprint density at radius 2 is 2.05 bits per heavy atom. The fraction of sp³-hybridized carbons (Fsp3) is 0.438. The molecule has 2 rings (SSSR count). The van der Waals surface area contributed by atoms with Crippen molar-refractivity contribution >= 4 is 40.9 Å². The number of nitrogens with zero attached hydrogens (tertiary/aromatic N) is 1. The van der Waals surface area contributed by atoms with E-state index in [0.717, 1.165) is 28.0 Å². The van der Waals surface area contributed by atoms with E-state index in [1.807, 2.05) is 22.9 Å². The fourth-order valence-corrected chi connectivity index (χ4v) is 3.56. The second-order valence-corrected chi connectivity index (χ2v) is 13.0. The lowest BCUT2D eigenvalue weighted by molar-refractivity contribution is 0.0601. The predicted molar refractivity (Wildman–Crippen MR) is 95.1 cm³/mol. The highest BCUT2D eigenvalue weighted by molar-refractivity contribution is 9.10. The first-order chi connectivity index (χ1) is 10.3. The van der Waals surface area contributed by atoms with Gasteiger partial charge in [-0.15, -0.1) is 0 Å². The lowest BCUT2D eigenvalue weighted by Gasteiger charge is -2.16. The molecule has 0 bridgehead atoms. The molecular weight excluding hydrogens is 362 g/mol. The van der Waals surface area contributed by atoms with Gasteiger partial charge in [-0.25, -0.2) is 4.79 Å². The zero-order chi connectivity index (χ0) is 16.3. The van der Waals surface area contributed by atoms with Crippen LogP contribution in [0.4, 0.5) is 0 Å². The molecule has 0 spiro atoms. The van der Waals surface area contributed by atoms with Crippen molar-refractivity contribution in [3.8, 4) is 0 Å². The maximum Gasteiger partial charge on any atom is 0.340 e. The quantitative estimate of drug-likeness (QED) is 0.418. The molecule has 1 heterocycles. The second kappa shape index (κ2) is 6.98. The number of methoxy groups -OCH3 is 1. The summed E-state index contributed by atoms with van der Waals surface area (Å²) >= 11 is 3.54. The van der Waals surface area contributed by atoms with E-state index in [4.69, 9.17) is 9.47 Å². The maximum atomic E-state index is 12.0. The highest BCUT2D eigenvalue weighted by atomic mass is 79.9. The van der Waals surface area contributed by atoms with Crippen molar-refractivity contribution in [1.29, 1.82) is 0 Å². The van der Waals surface area contributed by atoms with Gasteiger partial charge < -0.3 is 14.0 Å². The van der Waals surface area contributed by atoms with Gasteiger partial charge in [0.2, 0.25) is 0 Å². The number of halogens is 1. The minimum atomic E-state index is -1.10. The minimum Gasteiger partial charge on any atom is -0.465 e. The molecule has 0 aliphatic heterocycles. The van der Waals surface area contributed by atoms with E-state index in [1.165, 1.54) is 7.11 Å². The van der Waals surface area contributed by atoms with E-state index in [0.29, 0.717) is 12.3 Å². The number of aromatic nitrogens is 1. The summed E-state index contributed by atoms with van der Waals surface area (Å²) < 4.78 is 13.6. The van der Waals surface area contributed by atoms with Crippen LogP contribution in [0.3, 0.4) is 0 Å². The van der Waals surface area contributed by atoms with Gasteiger partial charge in [0.25, 0.3) is 0 Å². The molecule has 0 aliphatic rings. The van der Waals surface area contributed by atoms with Gasteiger partial charge in [0.05, 0.1) is 18.2 Å². The molecule has 1 aromatic carbocycles. The van der Waals surface area contributed by atoms with Gasteiger partial charge in [-0.2, -0.15) is 0 Å². The van der Waals surface area contributed by atoms with Crippen LogP contribution >= 0.6 is 15.9 Å². The highest BCUT2D eigenvalue weighted by Gasteiger charge is 2.17. The summed E-state index contributed by atoms with van der Waals surface area (Å²) in [5, 5.41) is 0.983. The normalized spacial score (nSPS) is 11.9. The second-order valence-electron chi connectivity index (χ2n) is 6.49. The minimum absolute atomic E-state index is 0.334. The van der Waals surface area contributed by atoms with Gasteiger partial charge in [-0.1, -0.05) is 31.8 Å². The van der Waals surface area contributed by atoms with Crippen LogP contribution in [0.15, 0.2) is 28.9 Å². The summed E-state index contributed by atoms with van der Waals surface area (Å²) in [7, 11) is 0.301. The molecule has 4 nitrogen and oxygen atoms in total. The van der Waals surface area contributed by atoms with E-state index in [2.05, 4.69) is 35.6 Å². The topological polar surface area (TPSA) is 40.5 Å². The standard InChI is InChI=1S/C16H22BrNO3Si/c1-20-16(19)13-7-5-6-12-14(17)10-18(15(12)13)11-21-8-9-22(2,3)4/h5-7,10H,8-9,11H2,1-4H3. The van der Waals surface area contributed by atoms with Crippen LogP contribution in [0.5, 0.6) is 0 Å². The number of ether oxygens (including phenoxy) is 2. The Kier molecular flexibility index (Phi) is 5.47. The van der Waals surface area contributed by atoms with Crippen LogP contribution in [0.25, 0.3) is 10.9 Å². The van der Waals surface area contributed by atoms with Crippen LogP contribution in [0.1, 0.15) is 10.4 Å². The van der Waals surface area contributed by atoms with Gasteiger partial charge in [-0.3, -0.25) is 0 Å². The van der Waals surface area contributed by atoms with Gasteiger partial charge in [0.1, 0.15) is 6.73 Å². The Hall–Kier alpha value is -1.11. The van der Waals surface area contributed by atoms with Crippen LogP contribution in [-0.2, 0) is 16.2 Å². The number of benzene rings is 1. The Balaban J connectivity index is 2.24. The average molecular weight is 384 g/mol. The number of esters is 1. The van der Waals surface area contributed by atoms with Crippen LogP contribution in [-0.4, -0.2) is 32.3 Å². The fourth-order valence-electron chi connectivity index (χ4n) is 2.23. The summed E-state index contributed by atoms with van der Waals surface area (Å²) in [5.74, 6) is -0.334. The smallest absolute Gasteiger partial charge is 0.340 e. The summed E-state index contributed by atoms with van der Waals surface area (Å²) in [4.78, 5) is 12.0. The van der Waals surface area contributed by atoms with Gasteiger partial charge in [0.15, 0.2) is 0 Å². The molecule has 0 saturated heterocycles. The number of hydrogen-bond donors (Lipinski definition) is 0. The zero-order valence-electron chi connectivity index (χ0n) is 13.5. The molecule has 0 N–H and O–H groups in total. The molecule has 0 saturated carbocycles. The van der Waals surface area contributed by atoms with Gasteiger partial charge in [-0.05, 0) is 28.0 Å². The first-order valence-corrected chi connectivity index (χ1v) is 11.8. The first kappa shape index (κ1) is 17.2. The van der Waals surface area contributed by atoms with Crippen LogP contribution < -0.4 is 0 Å². The largest absolute Gasteiger partial charge is 0.465 e. The molecule has 0 atom stereocenters. The molecule has 0 amide bonds. The number of para-hydroxylation sites is 1. The molecule has 0 fully saturated rings. The van der Waals surface area contributed by atoms with E-state index >= 15 is 0 Å². The molecule has 22 heavy (non-hydrogen) atoms. The van der Waals surface area contributed by atoms with Crippen molar-refractivity contribution in [1.82, 2.24) is 4.57 Å². The molecule has 1 aromatic heterocycles. The van der Waals surface area contributed by atoms with Crippen molar-refractivity contribution in [3.05, 3.63) is 34.4 Å². The molecule has 120 valence electrons. The third kappa shape index (κ3) is 4.00. The Morgan fingerprint density at radius 1 is 1.32 bits per heavy atom. The number of hydrogen-bond acceptors (Lipinski definition) is 3. The lowest BCUT2D eigenvalue weighted by Crippen LogP contribution is -2.22. The monoisotopic (exact) mass is 383 g/mol. The first-order valence-electron chi connectivity index (χ1n) is 7.27. The Bertz CT molecular complexity index is 676. The SMILES string of the molecule is COC(=O)c1cccc2c(Br)cn(COCC[Si](C)(C)C)c12. The van der Waals surface area contributed by atoms with E-state index in [-0.39, 0.29) is 5.97 Å². The Labute approximate surface area is 140 Å². The van der Waals surface area contributed by atoms with Crippen molar-refractivity contribution in [2.45, 2.75) is 32.4 Å². The summed E-state index contributed by atoms with van der Waals surface area (Å²) in [6, 6.07) is 6.73. The number of carbonyl (C=O) groups is 1. The molecular formula is C16H22BrNO3Si. The van der Waals surface area contributed by atoms with Crippen molar-refractivity contribution in [3.63, 3.8) is 0 Å². The molecule has 0 unspecified atom stereocenters. The third-order valence-corrected chi connectivity index (χ3v) is 5.82. The van der Waals surface area contributed by atoms with Crippen molar-refractivity contribution in [2.24, 2.45) is 0 Å². The molecule has 2 aromatic rings. The van der Waals surface area contributed by atoms with Crippen LogP contribution in [0.2, 0.25) is 25.7 Å². The highest BCUT2D eigenvalue weighted by Crippen LogP contribution is 2.29. The lowest BCUT2D eigenvalue weighted by atomic mass is 10.1. The summed E-state index contributed by atoms with van der Waals surface area (Å²) in [6.07, 6.45) is 1.95. The summed E-state index contributed by atoms with van der Waals surface area (Å²) in [5.41, 5.74) is 1.40. The van der Waals surface area contributed by atoms with E-state index < -0.39 is 8.07 Å². The molecule has 6 heteroatoms.